The summed E-state index contributed by atoms with van der Waals surface area (Å²) in [7, 11) is 0. The van der Waals surface area contributed by atoms with E-state index in [0.717, 1.165) is 17.8 Å². The number of nitrogens with zero attached hydrogens (tertiary/aromatic N) is 4. The zero-order valence-electron chi connectivity index (χ0n) is 14.1. The molecular weight excluding hydrogens is 324 g/mol. The maximum Gasteiger partial charge on any atom is 0.232 e. The van der Waals surface area contributed by atoms with E-state index in [1.165, 1.54) is 19.3 Å². The van der Waals surface area contributed by atoms with Crippen LogP contribution in [0.25, 0.3) is 0 Å². The molecule has 1 atom stereocenters. The van der Waals surface area contributed by atoms with Gasteiger partial charge in [-0.15, -0.1) is 0 Å². The Balaban J connectivity index is 1.79. The molecule has 0 radical (unpaired) electrons. The van der Waals surface area contributed by atoms with Crippen LogP contribution in [0.4, 0.5) is 17.6 Å². The van der Waals surface area contributed by atoms with Gasteiger partial charge in [-0.1, -0.05) is 24.1 Å². The second-order valence-corrected chi connectivity index (χ2v) is 6.69. The van der Waals surface area contributed by atoms with Crippen LogP contribution in [0.5, 0.6) is 0 Å². The number of piperidine rings is 1. The number of anilines is 3. The monoisotopic (exact) mass is 346 g/mol. The van der Waals surface area contributed by atoms with Crippen LogP contribution in [0, 0.1) is 6.92 Å². The molecule has 0 aliphatic carbocycles. The van der Waals surface area contributed by atoms with Gasteiger partial charge in [0.1, 0.15) is 5.82 Å². The third-order valence-electron chi connectivity index (χ3n) is 4.50. The van der Waals surface area contributed by atoms with Crippen LogP contribution in [0.3, 0.4) is 0 Å². The van der Waals surface area contributed by atoms with E-state index in [9.17, 15) is 0 Å². The Labute approximate surface area is 147 Å². The van der Waals surface area contributed by atoms with Crippen molar-refractivity contribution in [2.45, 2.75) is 45.7 Å². The molecule has 1 aliphatic rings. The number of rotatable bonds is 4. The van der Waals surface area contributed by atoms with Gasteiger partial charge in [-0.05, 0) is 50.9 Å². The maximum atomic E-state index is 6.16. The first kappa shape index (κ1) is 16.9. The standard InChI is InChI=1S/C17H23ClN6/c1-11-6-3-4-9-24(11)10-15-21-16(19)23-17(22-15)20-14-8-5-7-13(18)12(14)2/h5,7-8,11H,3-4,6,9-10H2,1-2H3,(H3,19,20,21,22,23)/t11-/m0/s1. The van der Waals surface area contributed by atoms with E-state index >= 15 is 0 Å². The highest BCUT2D eigenvalue weighted by atomic mass is 35.5. The summed E-state index contributed by atoms with van der Waals surface area (Å²) in [6.07, 6.45) is 3.73. The van der Waals surface area contributed by atoms with Crippen LogP contribution in [-0.4, -0.2) is 32.4 Å². The van der Waals surface area contributed by atoms with Crippen molar-refractivity contribution >= 4 is 29.2 Å². The molecule has 0 bridgehead atoms. The fraction of sp³-hybridized carbons (Fsp3) is 0.471. The molecule has 1 saturated heterocycles. The summed E-state index contributed by atoms with van der Waals surface area (Å²) in [6.45, 7) is 5.96. The predicted octanol–water partition coefficient (Wildman–Crippen LogP) is 3.53. The maximum absolute atomic E-state index is 6.16. The Morgan fingerprint density at radius 3 is 2.92 bits per heavy atom. The topological polar surface area (TPSA) is 80.0 Å². The lowest BCUT2D eigenvalue weighted by atomic mass is 10.0. The molecule has 1 aromatic carbocycles. The first-order chi connectivity index (χ1) is 11.5. The lowest BCUT2D eigenvalue weighted by Gasteiger charge is -2.32. The van der Waals surface area contributed by atoms with Gasteiger partial charge in [-0.3, -0.25) is 4.90 Å². The Bertz CT molecular complexity index is 720. The Kier molecular flexibility index (Phi) is 5.16. The molecule has 1 aromatic heterocycles. The van der Waals surface area contributed by atoms with Gasteiger partial charge >= 0.3 is 0 Å². The molecule has 1 fully saturated rings. The van der Waals surface area contributed by atoms with Gasteiger partial charge in [0.15, 0.2) is 0 Å². The fourth-order valence-corrected chi connectivity index (χ4v) is 3.18. The van der Waals surface area contributed by atoms with E-state index in [1.54, 1.807) is 0 Å². The van der Waals surface area contributed by atoms with Crippen LogP contribution in [-0.2, 0) is 6.54 Å². The molecule has 3 rings (SSSR count). The first-order valence-corrected chi connectivity index (χ1v) is 8.67. The highest BCUT2D eigenvalue weighted by Gasteiger charge is 2.20. The van der Waals surface area contributed by atoms with Gasteiger partial charge in [0, 0.05) is 16.8 Å². The van der Waals surface area contributed by atoms with Crippen molar-refractivity contribution < 1.29 is 0 Å². The fourth-order valence-electron chi connectivity index (χ4n) is 3.00. The molecule has 0 amide bonds. The number of nitrogens with two attached hydrogens (primary N) is 1. The van der Waals surface area contributed by atoms with Crippen molar-refractivity contribution in [2.24, 2.45) is 0 Å². The minimum atomic E-state index is 0.229. The summed E-state index contributed by atoms with van der Waals surface area (Å²) < 4.78 is 0. The number of likely N-dealkylation sites (tertiary alicyclic amines) is 1. The average Bonchev–Trinajstić information content (AvgIpc) is 2.54. The number of halogens is 1. The molecule has 6 nitrogen and oxygen atoms in total. The van der Waals surface area contributed by atoms with Gasteiger partial charge in [-0.25, -0.2) is 0 Å². The van der Waals surface area contributed by atoms with Gasteiger partial charge in [0.2, 0.25) is 11.9 Å². The lowest BCUT2D eigenvalue weighted by Crippen LogP contribution is -2.37. The van der Waals surface area contributed by atoms with Gasteiger partial charge in [0.05, 0.1) is 6.54 Å². The number of nitrogen functional groups attached to an aromatic ring is 1. The van der Waals surface area contributed by atoms with Crippen LogP contribution in [0.2, 0.25) is 5.02 Å². The van der Waals surface area contributed by atoms with E-state index in [1.807, 2.05) is 25.1 Å². The van der Waals surface area contributed by atoms with Crippen LogP contribution < -0.4 is 11.1 Å². The molecule has 128 valence electrons. The summed E-state index contributed by atoms with van der Waals surface area (Å²) in [5.74, 6) is 1.37. The lowest BCUT2D eigenvalue weighted by molar-refractivity contribution is 0.149. The zero-order valence-corrected chi connectivity index (χ0v) is 14.8. The molecule has 1 aliphatic heterocycles. The van der Waals surface area contributed by atoms with Gasteiger partial charge < -0.3 is 11.1 Å². The molecule has 3 N–H and O–H groups in total. The summed E-state index contributed by atoms with van der Waals surface area (Å²) >= 11 is 6.16. The number of benzene rings is 1. The summed E-state index contributed by atoms with van der Waals surface area (Å²) in [4.78, 5) is 15.4. The highest BCUT2D eigenvalue weighted by Crippen LogP contribution is 2.25. The highest BCUT2D eigenvalue weighted by molar-refractivity contribution is 6.31. The number of hydrogen-bond acceptors (Lipinski definition) is 6. The van der Waals surface area contributed by atoms with Crippen molar-refractivity contribution in [3.05, 3.63) is 34.6 Å². The normalized spacial score (nSPS) is 18.5. The van der Waals surface area contributed by atoms with E-state index in [4.69, 9.17) is 17.3 Å². The SMILES string of the molecule is Cc1c(Cl)cccc1Nc1nc(N)nc(CN2CCCC[C@@H]2C)n1. The molecule has 24 heavy (non-hydrogen) atoms. The first-order valence-electron chi connectivity index (χ1n) is 8.29. The second-order valence-electron chi connectivity index (χ2n) is 6.29. The number of nitrogens with one attached hydrogen (secondary N) is 1. The predicted molar refractivity (Wildman–Crippen MR) is 97.4 cm³/mol. The molecule has 7 heteroatoms. The van der Waals surface area contributed by atoms with Crippen LogP contribution in [0.1, 0.15) is 37.6 Å². The van der Waals surface area contributed by atoms with E-state index < -0.39 is 0 Å². The minimum absolute atomic E-state index is 0.229. The molecule has 2 aromatic rings. The molecule has 0 spiro atoms. The van der Waals surface area contributed by atoms with E-state index in [2.05, 4.69) is 32.1 Å². The van der Waals surface area contributed by atoms with E-state index in [0.29, 0.717) is 29.4 Å². The Hall–Kier alpha value is -1.92. The summed E-state index contributed by atoms with van der Waals surface area (Å²) in [5.41, 5.74) is 7.69. The van der Waals surface area contributed by atoms with Crippen molar-refractivity contribution in [3.8, 4) is 0 Å². The van der Waals surface area contributed by atoms with Crippen LogP contribution >= 0.6 is 11.6 Å². The Morgan fingerprint density at radius 1 is 1.29 bits per heavy atom. The van der Waals surface area contributed by atoms with Crippen molar-refractivity contribution in [1.29, 1.82) is 0 Å². The Morgan fingerprint density at radius 2 is 2.12 bits per heavy atom. The number of aromatic nitrogens is 3. The smallest absolute Gasteiger partial charge is 0.232 e. The van der Waals surface area contributed by atoms with E-state index in [-0.39, 0.29) is 5.95 Å². The second kappa shape index (κ2) is 7.32. The molecule has 0 unspecified atom stereocenters. The third kappa shape index (κ3) is 3.94. The third-order valence-corrected chi connectivity index (χ3v) is 4.91. The molecule has 0 saturated carbocycles. The van der Waals surface area contributed by atoms with Crippen LogP contribution in [0.15, 0.2) is 18.2 Å². The summed E-state index contributed by atoms with van der Waals surface area (Å²) in [5, 5.41) is 3.90. The van der Waals surface area contributed by atoms with Crippen molar-refractivity contribution in [3.63, 3.8) is 0 Å². The molecule has 2 heterocycles. The van der Waals surface area contributed by atoms with Gasteiger partial charge in [-0.2, -0.15) is 15.0 Å². The summed E-state index contributed by atoms with van der Waals surface area (Å²) in [6, 6.07) is 6.22. The van der Waals surface area contributed by atoms with Crippen molar-refractivity contribution in [2.75, 3.05) is 17.6 Å². The van der Waals surface area contributed by atoms with Gasteiger partial charge in [0.25, 0.3) is 0 Å². The molecular formula is C17H23ClN6. The zero-order chi connectivity index (χ0) is 17.1. The minimum Gasteiger partial charge on any atom is -0.368 e. The van der Waals surface area contributed by atoms with Crippen molar-refractivity contribution in [1.82, 2.24) is 19.9 Å². The average molecular weight is 347 g/mol. The number of hydrogen-bond donors (Lipinski definition) is 2. The quantitative estimate of drug-likeness (QED) is 0.881. The largest absolute Gasteiger partial charge is 0.368 e.